The fourth-order valence-electron chi connectivity index (χ4n) is 3.49. The lowest BCUT2D eigenvalue weighted by molar-refractivity contribution is -0.114. The minimum absolute atomic E-state index is 0.0202. The smallest absolute Gasteiger partial charge is 0.296 e. The van der Waals surface area contributed by atoms with Crippen LogP contribution in [0.5, 0.6) is 5.75 Å². The van der Waals surface area contributed by atoms with Crippen molar-refractivity contribution in [3.05, 3.63) is 52.8 Å². The van der Waals surface area contributed by atoms with Gasteiger partial charge in [-0.2, -0.15) is 0 Å². The quantitative estimate of drug-likeness (QED) is 0.448. The molecule has 0 atom stereocenters. The Morgan fingerprint density at radius 2 is 1.94 bits per heavy atom. The van der Waals surface area contributed by atoms with Crippen LogP contribution in [-0.2, 0) is 11.8 Å². The Hall–Kier alpha value is -4.47. The zero-order chi connectivity index (χ0) is 22.4. The van der Waals surface area contributed by atoms with Gasteiger partial charge in [0.15, 0.2) is 22.9 Å². The Kier molecular flexibility index (Phi) is 4.47. The van der Waals surface area contributed by atoms with E-state index in [0.717, 1.165) is 0 Å². The van der Waals surface area contributed by atoms with Crippen molar-refractivity contribution in [1.82, 2.24) is 24.5 Å². The van der Waals surface area contributed by atoms with Gasteiger partial charge in [0.1, 0.15) is 5.52 Å². The Labute approximate surface area is 180 Å². The normalized spacial score (nSPS) is 11.2. The number of oxazole rings is 1. The summed E-state index contributed by atoms with van der Waals surface area (Å²) in [7, 11) is 2.98. The molecule has 3 aromatic heterocycles. The summed E-state index contributed by atoms with van der Waals surface area (Å²) >= 11 is 0. The van der Waals surface area contributed by atoms with E-state index in [1.165, 1.54) is 18.6 Å². The second-order valence-corrected chi connectivity index (χ2v) is 7.17. The van der Waals surface area contributed by atoms with Gasteiger partial charge in [-0.15, -0.1) is 0 Å². The number of benzene rings is 2. The molecule has 5 aromatic rings. The van der Waals surface area contributed by atoms with Gasteiger partial charge in [0.2, 0.25) is 17.5 Å². The minimum atomic E-state index is -0.408. The topological polar surface area (TPSA) is 128 Å². The SMILES string of the molecule is COc1c(-c2nc3ccccc3o2)nc(-c2nc3ccc(NC(C)=O)cc3[nH]2)n(C)c1=O. The molecule has 2 aromatic carbocycles. The molecule has 0 aliphatic rings. The average Bonchev–Trinajstić information content (AvgIpc) is 3.38. The fraction of sp³-hybridized carbons (Fsp3) is 0.136. The highest BCUT2D eigenvalue weighted by molar-refractivity contribution is 5.92. The van der Waals surface area contributed by atoms with Crippen LogP contribution in [-0.4, -0.2) is 37.5 Å². The number of para-hydroxylation sites is 2. The summed E-state index contributed by atoms with van der Waals surface area (Å²) in [6.45, 7) is 1.44. The third kappa shape index (κ3) is 3.18. The zero-order valence-corrected chi connectivity index (χ0v) is 17.5. The van der Waals surface area contributed by atoms with Gasteiger partial charge < -0.3 is 19.5 Å². The first-order chi connectivity index (χ1) is 15.4. The van der Waals surface area contributed by atoms with Crippen LogP contribution >= 0.6 is 0 Å². The first-order valence-electron chi connectivity index (χ1n) is 9.73. The maximum atomic E-state index is 13.0. The maximum absolute atomic E-state index is 13.0. The predicted octanol–water partition coefficient (Wildman–Crippen LogP) is 3.10. The number of nitrogens with one attached hydrogen (secondary N) is 2. The lowest BCUT2D eigenvalue weighted by Gasteiger charge is -2.10. The summed E-state index contributed by atoms with van der Waals surface area (Å²) in [5.74, 6) is 0.675. The third-order valence-electron chi connectivity index (χ3n) is 4.96. The number of nitrogens with zero attached hydrogens (tertiary/aromatic N) is 4. The van der Waals surface area contributed by atoms with Gasteiger partial charge >= 0.3 is 0 Å². The largest absolute Gasteiger partial charge is 0.489 e. The van der Waals surface area contributed by atoms with Crippen LogP contribution in [0.1, 0.15) is 6.92 Å². The molecule has 0 radical (unpaired) electrons. The molecule has 2 N–H and O–H groups in total. The molecular weight excluding hydrogens is 412 g/mol. The Balaban J connectivity index is 1.69. The number of hydrogen-bond acceptors (Lipinski definition) is 7. The average molecular weight is 430 g/mol. The number of H-pyrrole nitrogens is 1. The number of anilines is 1. The highest BCUT2D eigenvalue weighted by Crippen LogP contribution is 2.30. The van der Waals surface area contributed by atoms with Crippen molar-refractivity contribution in [2.45, 2.75) is 6.92 Å². The molecule has 5 rings (SSSR count). The number of methoxy groups -OCH3 is 1. The van der Waals surface area contributed by atoms with Crippen LogP contribution in [0.2, 0.25) is 0 Å². The molecule has 0 aliphatic carbocycles. The summed E-state index contributed by atoms with van der Waals surface area (Å²) in [5, 5.41) is 2.73. The summed E-state index contributed by atoms with van der Waals surface area (Å²) in [6, 6.07) is 12.5. The van der Waals surface area contributed by atoms with Crippen molar-refractivity contribution in [2.24, 2.45) is 7.05 Å². The van der Waals surface area contributed by atoms with Crippen LogP contribution in [0.3, 0.4) is 0 Å². The number of ether oxygens (including phenoxy) is 1. The molecule has 0 bridgehead atoms. The molecule has 0 saturated heterocycles. The van der Waals surface area contributed by atoms with Crippen molar-refractivity contribution in [3.8, 4) is 29.0 Å². The third-order valence-corrected chi connectivity index (χ3v) is 4.96. The van der Waals surface area contributed by atoms with Crippen LogP contribution in [0.15, 0.2) is 51.7 Å². The highest BCUT2D eigenvalue weighted by Gasteiger charge is 2.23. The number of aromatic nitrogens is 5. The predicted molar refractivity (Wildman–Crippen MR) is 118 cm³/mol. The summed E-state index contributed by atoms with van der Waals surface area (Å²) in [4.78, 5) is 41.2. The van der Waals surface area contributed by atoms with Crippen molar-refractivity contribution in [3.63, 3.8) is 0 Å². The molecule has 0 aliphatic heterocycles. The van der Waals surface area contributed by atoms with Crippen LogP contribution in [0.4, 0.5) is 5.69 Å². The molecule has 0 fully saturated rings. The number of amides is 1. The van der Waals surface area contributed by atoms with E-state index in [-0.39, 0.29) is 29.1 Å². The molecule has 3 heterocycles. The number of fused-ring (bicyclic) bond motifs is 2. The Bertz CT molecular complexity index is 1530. The molecule has 0 spiro atoms. The van der Waals surface area contributed by atoms with Gasteiger partial charge in [0.25, 0.3) is 5.56 Å². The summed E-state index contributed by atoms with van der Waals surface area (Å²) in [6.07, 6.45) is 0. The lowest BCUT2D eigenvalue weighted by atomic mass is 10.3. The number of rotatable bonds is 4. The van der Waals surface area contributed by atoms with Crippen molar-refractivity contribution in [2.75, 3.05) is 12.4 Å². The molecule has 10 heteroatoms. The Morgan fingerprint density at radius 3 is 2.69 bits per heavy atom. The standard InChI is InChI=1S/C22H18N6O4/c1-11(29)23-12-8-9-13-15(10-12)25-19(24-13)20-27-17(18(31-3)22(30)28(20)2)21-26-14-6-4-5-7-16(14)32-21/h4-10H,1-3H3,(H,23,29)(H,24,25). The molecular formula is C22H18N6O4. The van der Waals surface area contributed by atoms with Gasteiger partial charge in [-0.25, -0.2) is 15.0 Å². The van der Waals surface area contributed by atoms with Gasteiger partial charge in [-0.05, 0) is 30.3 Å². The Morgan fingerprint density at radius 1 is 1.12 bits per heavy atom. The van der Waals surface area contributed by atoms with E-state index in [0.29, 0.717) is 33.6 Å². The van der Waals surface area contributed by atoms with Crippen LogP contribution < -0.4 is 15.6 Å². The first kappa shape index (κ1) is 19.5. The molecule has 10 nitrogen and oxygen atoms in total. The second-order valence-electron chi connectivity index (χ2n) is 7.17. The first-order valence-corrected chi connectivity index (χ1v) is 9.73. The number of aromatic amines is 1. The molecule has 0 unspecified atom stereocenters. The van der Waals surface area contributed by atoms with Gasteiger partial charge in [-0.3, -0.25) is 14.2 Å². The van der Waals surface area contributed by atoms with Crippen molar-refractivity contribution >= 4 is 33.7 Å². The number of hydrogen-bond donors (Lipinski definition) is 2. The van der Waals surface area contributed by atoms with Gasteiger partial charge in [-0.1, -0.05) is 12.1 Å². The minimum Gasteiger partial charge on any atom is -0.489 e. The van der Waals surface area contributed by atoms with Crippen LogP contribution in [0.25, 0.3) is 45.4 Å². The lowest BCUT2D eigenvalue weighted by Crippen LogP contribution is -2.23. The van der Waals surface area contributed by atoms with E-state index in [9.17, 15) is 9.59 Å². The number of carbonyl (C=O) groups is 1. The van der Waals surface area contributed by atoms with E-state index in [1.807, 2.05) is 18.2 Å². The van der Waals surface area contributed by atoms with E-state index in [4.69, 9.17) is 9.15 Å². The summed E-state index contributed by atoms with van der Waals surface area (Å²) in [5.41, 5.74) is 2.95. The van der Waals surface area contributed by atoms with E-state index >= 15 is 0 Å². The monoisotopic (exact) mass is 430 g/mol. The van der Waals surface area contributed by atoms with Crippen molar-refractivity contribution < 1.29 is 13.9 Å². The molecule has 32 heavy (non-hydrogen) atoms. The molecule has 0 saturated carbocycles. The molecule has 160 valence electrons. The van der Waals surface area contributed by atoms with E-state index in [2.05, 4.69) is 25.3 Å². The van der Waals surface area contributed by atoms with Crippen molar-refractivity contribution in [1.29, 1.82) is 0 Å². The second kappa shape index (κ2) is 7.34. The fourth-order valence-corrected chi connectivity index (χ4v) is 3.49. The molecule has 1 amide bonds. The van der Waals surface area contributed by atoms with Gasteiger partial charge in [0, 0.05) is 19.7 Å². The van der Waals surface area contributed by atoms with E-state index < -0.39 is 5.56 Å². The zero-order valence-electron chi connectivity index (χ0n) is 17.5. The van der Waals surface area contributed by atoms with Crippen LogP contribution in [0, 0.1) is 0 Å². The summed E-state index contributed by atoms with van der Waals surface area (Å²) < 4.78 is 12.5. The maximum Gasteiger partial charge on any atom is 0.296 e. The van der Waals surface area contributed by atoms with Gasteiger partial charge in [0.05, 0.1) is 18.1 Å². The number of imidazole rings is 1. The number of carbonyl (C=O) groups excluding carboxylic acids is 1. The van der Waals surface area contributed by atoms with E-state index in [1.54, 1.807) is 31.3 Å². The highest BCUT2D eigenvalue weighted by atomic mass is 16.5.